The van der Waals surface area contributed by atoms with E-state index < -0.39 is 6.04 Å². The largest absolute Gasteiger partial charge is 0.494 e. The average Bonchev–Trinajstić information content (AvgIpc) is 3.74. The summed E-state index contributed by atoms with van der Waals surface area (Å²) in [5.41, 5.74) is 3.59. The van der Waals surface area contributed by atoms with Crippen molar-refractivity contribution in [2.75, 3.05) is 19.8 Å². The molecule has 210 valence electrons. The van der Waals surface area contributed by atoms with E-state index in [0.717, 1.165) is 72.9 Å². The molecule has 4 aromatic rings. The number of nitrogens with zero attached hydrogens (tertiary/aromatic N) is 5. The van der Waals surface area contributed by atoms with E-state index in [2.05, 4.69) is 49.7 Å². The number of aromatic amines is 1. The monoisotopic (exact) mass is 542 g/mol. The van der Waals surface area contributed by atoms with Crippen LogP contribution in [-0.4, -0.2) is 56.0 Å². The van der Waals surface area contributed by atoms with Crippen molar-refractivity contribution in [2.45, 2.75) is 77.1 Å². The number of H-pyrrole nitrogens is 1. The topological polar surface area (TPSA) is 98.2 Å². The molecule has 40 heavy (non-hydrogen) atoms. The molecule has 9 heteroatoms. The van der Waals surface area contributed by atoms with Crippen LogP contribution in [0.4, 0.5) is 0 Å². The second-order valence-corrected chi connectivity index (χ2v) is 11.1. The number of aryl methyl sites for hydroxylation is 1. The summed E-state index contributed by atoms with van der Waals surface area (Å²) < 4.78 is 13.8. The third kappa shape index (κ3) is 5.67. The fraction of sp³-hybridized carbons (Fsp3) is 0.484. The van der Waals surface area contributed by atoms with Crippen LogP contribution in [0.1, 0.15) is 80.0 Å². The molecule has 6 rings (SSSR count). The van der Waals surface area contributed by atoms with Crippen molar-refractivity contribution < 1.29 is 9.47 Å². The van der Waals surface area contributed by atoms with Crippen molar-refractivity contribution in [3.05, 3.63) is 81.4 Å². The van der Waals surface area contributed by atoms with E-state index in [1.54, 1.807) is 0 Å². The van der Waals surface area contributed by atoms with Crippen LogP contribution < -0.4 is 10.3 Å². The van der Waals surface area contributed by atoms with Gasteiger partial charge < -0.3 is 14.5 Å². The zero-order valence-electron chi connectivity index (χ0n) is 23.4. The molecule has 2 fully saturated rings. The Labute approximate surface area is 234 Å². The van der Waals surface area contributed by atoms with Gasteiger partial charge in [-0.25, -0.2) is 4.68 Å². The minimum atomic E-state index is -0.444. The number of aromatic nitrogens is 5. The zero-order valence-corrected chi connectivity index (χ0v) is 23.4. The predicted molar refractivity (Wildman–Crippen MR) is 153 cm³/mol. The van der Waals surface area contributed by atoms with Crippen LogP contribution in [0.15, 0.2) is 53.3 Å². The van der Waals surface area contributed by atoms with Crippen molar-refractivity contribution in [1.29, 1.82) is 0 Å². The highest BCUT2D eigenvalue weighted by molar-refractivity contribution is 5.79. The van der Waals surface area contributed by atoms with E-state index in [9.17, 15) is 4.79 Å². The van der Waals surface area contributed by atoms with Gasteiger partial charge in [-0.3, -0.25) is 9.69 Å². The van der Waals surface area contributed by atoms with E-state index in [0.29, 0.717) is 31.1 Å². The predicted octanol–water partition coefficient (Wildman–Crippen LogP) is 5.11. The molecule has 2 aromatic carbocycles. The van der Waals surface area contributed by atoms with Crippen molar-refractivity contribution in [1.82, 2.24) is 30.1 Å². The average molecular weight is 543 g/mol. The summed E-state index contributed by atoms with van der Waals surface area (Å²) >= 11 is 0. The number of pyridine rings is 1. The summed E-state index contributed by atoms with van der Waals surface area (Å²) in [6.07, 6.45) is 6.54. The van der Waals surface area contributed by atoms with Crippen molar-refractivity contribution in [3.63, 3.8) is 0 Å². The third-order valence-electron chi connectivity index (χ3n) is 8.21. The number of nitrogens with one attached hydrogen (secondary N) is 1. The van der Waals surface area contributed by atoms with Gasteiger partial charge in [-0.2, -0.15) is 0 Å². The first-order valence-corrected chi connectivity index (χ1v) is 14.6. The molecule has 1 aliphatic heterocycles. The molecule has 2 aliphatic rings. The number of tetrazole rings is 1. The first-order valence-electron chi connectivity index (χ1n) is 14.6. The number of rotatable bonds is 10. The Morgan fingerprint density at radius 3 is 2.67 bits per heavy atom. The molecule has 0 bridgehead atoms. The minimum Gasteiger partial charge on any atom is -0.494 e. The number of hydrogen-bond acceptors (Lipinski definition) is 7. The van der Waals surface area contributed by atoms with Crippen molar-refractivity contribution >= 4 is 10.9 Å². The normalized spacial score (nSPS) is 18.6. The van der Waals surface area contributed by atoms with Crippen molar-refractivity contribution in [2.24, 2.45) is 0 Å². The Kier molecular flexibility index (Phi) is 7.93. The molecule has 1 saturated carbocycles. The SMILES string of the molecule is CCOc1ccc(CN(CC2CCCO2)C(c2cc3ccc(C)cc3[nH]c2=O)c2nnnn2C2CCCC2)cc1. The summed E-state index contributed by atoms with van der Waals surface area (Å²) in [5, 5.41) is 14.2. The molecular weight excluding hydrogens is 504 g/mol. The van der Waals surface area contributed by atoms with Crippen LogP contribution in [0.2, 0.25) is 0 Å². The molecule has 1 N–H and O–H groups in total. The third-order valence-corrected chi connectivity index (χ3v) is 8.21. The molecular formula is C31H38N6O3. The van der Waals surface area contributed by atoms with Crippen LogP contribution in [-0.2, 0) is 11.3 Å². The van der Waals surface area contributed by atoms with Crippen LogP contribution >= 0.6 is 0 Å². The molecule has 0 spiro atoms. The summed E-state index contributed by atoms with van der Waals surface area (Å²) in [7, 11) is 0. The Hall–Kier alpha value is -3.56. The lowest BCUT2D eigenvalue weighted by Crippen LogP contribution is -2.39. The maximum atomic E-state index is 13.8. The quantitative estimate of drug-likeness (QED) is 0.297. The lowest BCUT2D eigenvalue weighted by Gasteiger charge is -2.33. The maximum absolute atomic E-state index is 13.8. The van der Waals surface area contributed by atoms with Crippen LogP contribution in [0.3, 0.4) is 0 Å². The Balaban J connectivity index is 1.47. The van der Waals surface area contributed by atoms with Crippen LogP contribution in [0, 0.1) is 6.92 Å². The molecule has 1 saturated heterocycles. The lowest BCUT2D eigenvalue weighted by molar-refractivity contribution is 0.0569. The highest BCUT2D eigenvalue weighted by Crippen LogP contribution is 2.35. The maximum Gasteiger partial charge on any atom is 0.253 e. The first-order chi connectivity index (χ1) is 19.6. The fourth-order valence-corrected chi connectivity index (χ4v) is 6.23. The molecule has 2 unspecified atom stereocenters. The van der Waals surface area contributed by atoms with Crippen LogP contribution in [0.25, 0.3) is 10.9 Å². The second kappa shape index (κ2) is 11.9. The van der Waals surface area contributed by atoms with Gasteiger partial charge >= 0.3 is 0 Å². The van der Waals surface area contributed by atoms with Gasteiger partial charge in [0.1, 0.15) is 11.8 Å². The van der Waals surface area contributed by atoms with Gasteiger partial charge in [0, 0.05) is 30.8 Å². The Morgan fingerprint density at radius 1 is 1.10 bits per heavy atom. The number of benzene rings is 2. The summed E-state index contributed by atoms with van der Waals surface area (Å²) in [4.78, 5) is 19.3. The molecule has 9 nitrogen and oxygen atoms in total. The second-order valence-electron chi connectivity index (χ2n) is 11.1. The van der Waals surface area contributed by atoms with E-state index in [1.165, 1.54) is 0 Å². The smallest absolute Gasteiger partial charge is 0.253 e. The number of hydrogen-bond donors (Lipinski definition) is 1. The van der Waals surface area contributed by atoms with E-state index in [-0.39, 0.29) is 17.7 Å². The van der Waals surface area contributed by atoms with Crippen molar-refractivity contribution in [3.8, 4) is 5.75 Å². The van der Waals surface area contributed by atoms with E-state index in [4.69, 9.17) is 9.47 Å². The molecule has 2 aromatic heterocycles. The van der Waals surface area contributed by atoms with Gasteiger partial charge in [0.15, 0.2) is 5.82 Å². The van der Waals surface area contributed by atoms with Gasteiger partial charge in [0.05, 0.1) is 18.8 Å². The van der Waals surface area contributed by atoms with Gasteiger partial charge in [-0.15, -0.1) is 5.10 Å². The highest BCUT2D eigenvalue weighted by atomic mass is 16.5. The van der Waals surface area contributed by atoms with Gasteiger partial charge in [0.2, 0.25) is 0 Å². The number of fused-ring (bicyclic) bond motifs is 1. The summed E-state index contributed by atoms with van der Waals surface area (Å²) in [5.74, 6) is 1.56. The molecule has 3 heterocycles. The first kappa shape index (κ1) is 26.7. The zero-order chi connectivity index (χ0) is 27.5. The highest BCUT2D eigenvalue weighted by Gasteiger charge is 2.35. The fourth-order valence-electron chi connectivity index (χ4n) is 6.23. The molecule has 0 radical (unpaired) electrons. The molecule has 1 aliphatic carbocycles. The minimum absolute atomic E-state index is 0.0863. The molecule has 0 amide bonds. The Bertz CT molecular complexity index is 1490. The van der Waals surface area contributed by atoms with Crippen LogP contribution in [0.5, 0.6) is 5.75 Å². The van der Waals surface area contributed by atoms with Gasteiger partial charge in [0.25, 0.3) is 5.56 Å². The molecule has 2 atom stereocenters. The lowest BCUT2D eigenvalue weighted by atomic mass is 10.0. The van der Waals surface area contributed by atoms with E-state index >= 15 is 0 Å². The Morgan fingerprint density at radius 2 is 1.93 bits per heavy atom. The standard InChI is InChI=1S/C31H38N6O3/c1-3-39-25-14-11-22(12-15-25)19-36(20-26-9-6-16-40-26)29(30-33-34-35-37(30)24-7-4-5-8-24)27-18-23-13-10-21(2)17-28(23)32-31(27)38/h10-15,17-18,24,26,29H,3-9,16,19-20H2,1-2H3,(H,32,38). The summed E-state index contributed by atoms with van der Waals surface area (Å²) in [6, 6.07) is 16.2. The van der Waals surface area contributed by atoms with Gasteiger partial charge in [-0.05, 0) is 90.7 Å². The van der Waals surface area contributed by atoms with Gasteiger partial charge in [-0.1, -0.05) is 37.1 Å². The van der Waals surface area contributed by atoms with E-state index in [1.807, 2.05) is 42.8 Å². The number of ether oxygens (including phenoxy) is 2. The summed E-state index contributed by atoms with van der Waals surface area (Å²) in [6.45, 7) is 6.69.